The number of hydrogen-bond donors (Lipinski definition) is 0. The number of halogens is 6. The average molecular weight is 421 g/mol. The Kier molecular flexibility index (Phi) is 5.77. The van der Waals surface area contributed by atoms with Crippen LogP contribution < -0.4 is 5.30 Å². The third-order valence-corrected chi connectivity index (χ3v) is 5.93. The number of carbonyl (C=O) groups excluding carboxylic acids is 1. The number of alkyl halides is 6. The molecule has 0 spiro atoms. The molecule has 0 radical (unpaired) electrons. The van der Waals surface area contributed by atoms with Crippen LogP contribution in [-0.2, 0) is 16.9 Å². The molecule has 0 aliphatic heterocycles. The molecule has 0 fully saturated rings. The summed E-state index contributed by atoms with van der Waals surface area (Å²) in [7, 11) is -2.27. The second-order valence-electron chi connectivity index (χ2n) is 7.04. The molecule has 2 rings (SSSR count). The summed E-state index contributed by atoms with van der Waals surface area (Å²) in [6.07, 6.45) is -10.3. The summed E-state index contributed by atoms with van der Waals surface area (Å²) in [5.41, 5.74) is -5.31. The van der Waals surface area contributed by atoms with Crippen LogP contribution in [0.2, 0.25) is 0 Å². The molecule has 2 aromatic rings. The maximum Gasteiger partial charge on any atom is 0.417 e. The van der Waals surface area contributed by atoms with E-state index in [4.69, 9.17) is 0 Å². The number of hydrogen-bond acceptors (Lipinski definition) is 2. The zero-order valence-corrected chi connectivity index (χ0v) is 16.0. The highest BCUT2D eigenvalue weighted by molar-refractivity contribution is 7.55. The van der Waals surface area contributed by atoms with Crippen LogP contribution in [0, 0.1) is 0 Å². The van der Waals surface area contributed by atoms with E-state index in [0.717, 1.165) is 6.07 Å². The third-order valence-electron chi connectivity index (χ3n) is 3.88. The lowest BCUT2D eigenvalue weighted by atomic mass is 9.92. The molecule has 1 unspecified atom stereocenters. The van der Waals surface area contributed by atoms with E-state index in [1.165, 1.54) is 18.2 Å². The third kappa shape index (κ3) is 4.43. The van der Waals surface area contributed by atoms with Gasteiger partial charge in [0.05, 0.1) is 16.7 Å². The molecule has 0 N–H and O–H groups in total. The van der Waals surface area contributed by atoms with Crippen LogP contribution in [0.5, 0.6) is 0 Å². The van der Waals surface area contributed by atoms with Crippen molar-refractivity contribution < 1.29 is 35.7 Å². The Morgan fingerprint density at radius 3 is 1.68 bits per heavy atom. The second-order valence-corrected chi connectivity index (χ2v) is 9.45. The molecule has 2 nitrogen and oxygen atoms in total. The first-order valence-corrected chi connectivity index (χ1v) is 9.30. The van der Waals surface area contributed by atoms with E-state index in [1.54, 1.807) is 20.8 Å². The zero-order chi connectivity index (χ0) is 21.5. The Morgan fingerprint density at radius 2 is 1.25 bits per heavy atom. The molecule has 28 heavy (non-hydrogen) atoms. The van der Waals surface area contributed by atoms with Crippen molar-refractivity contribution in [2.75, 3.05) is 0 Å². The summed E-state index contributed by atoms with van der Waals surface area (Å²) in [6.45, 7) is 4.79. The van der Waals surface area contributed by atoms with Crippen LogP contribution in [0.25, 0.3) is 0 Å². The van der Waals surface area contributed by atoms with Crippen molar-refractivity contribution in [1.82, 2.24) is 0 Å². The minimum Gasteiger partial charge on any atom is -0.288 e. The van der Waals surface area contributed by atoms with Crippen LogP contribution in [0.3, 0.4) is 0 Å². The first kappa shape index (κ1) is 22.1. The summed E-state index contributed by atoms with van der Waals surface area (Å²) >= 11 is 0. The summed E-state index contributed by atoms with van der Waals surface area (Å²) < 4.78 is 92.9. The van der Waals surface area contributed by atoms with Crippen molar-refractivity contribution in [3.05, 3.63) is 64.7 Å². The normalized spacial score (nSPS) is 13.4. The largest absolute Gasteiger partial charge is 0.417 e. The molecule has 0 heterocycles. The topological polar surface area (TPSA) is 34.1 Å². The molecule has 0 saturated heterocycles. The Labute approximate surface area is 158 Å². The van der Waals surface area contributed by atoms with Crippen LogP contribution in [0.1, 0.15) is 47.8 Å². The van der Waals surface area contributed by atoms with Gasteiger partial charge in [-0.3, -0.25) is 4.79 Å². The quantitative estimate of drug-likeness (QED) is 0.336. The predicted octanol–water partition coefficient (Wildman–Crippen LogP) is 6.21. The Hall–Kier alpha value is -2.21. The van der Waals surface area contributed by atoms with E-state index >= 15 is 0 Å². The van der Waals surface area contributed by atoms with Gasteiger partial charge in [-0.1, -0.05) is 22.8 Å². The molecule has 0 bridgehead atoms. The molecule has 0 saturated carbocycles. The average Bonchev–Trinajstić information content (AvgIpc) is 2.57. The minimum absolute atomic E-state index is 0.0832. The van der Waals surface area contributed by atoms with Gasteiger partial charge in [0.2, 0.25) is 5.30 Å². The lowest BCUT2D eigenvalue weighted by molar-refractivity contribution is -0.143. The molecular formula is C19H16F6O2P+. The monoisotopic (exact) mass is 421 g/mol. The van der Waals surface area contributed by atoms with Crippen LogP contribution in [0.4, 0.5) is 26.3 Å². The van der Waals surface area contributed by atoms with E-state index in [0.29, 0.717) is 18.2 Å². The van der Waals surface area contributed by atoms with Crippen LogP contribution >= 0.6 is 7.80 Å². The van der Waals surface area contributed by atoms with Crippen LogP contribution in [-0.4, -0.2) is 10.9 Å². The molecule has 150 valence electrons. The molecule has 0 amide bonds. The van der Waals surface area contributed by atoms with E-state index in [2.05, 4.69) is 0 Å². The van der Waals surface area contributed by atoms with E-state index in [-0.39, 0.29) is 5.30 Å². The number of rotatable bonds is 3. The predicted molar refractivity (Wildman–Crippen MR) is 93.3 cm³/mol. The highest BCUT2D eigenvalue weighted by atomic mass is 31.1. The minimum atomic E-state index is -5.17. The maximum atomic E-state index is 13.4. The Morgan fingerprint density at radius 1 is 0.786 bits per heavy atom. The van der Waals surface area contributed by atoms with Crippen molar-refractivity contribution in [2.24, 2.45) is 0 Å². The summed E-state index contributed by atoms with van der Waals surface area (Å²) in [5.74, 6) is -1.47. The Balaban J connectivity index is 2.81. The van der Waals surface area contributed by atoms with Gasteiger partial charge in [-0.2, -0.15) is 26.3 Å². The highest BCUT2D eigenvalue weighted by Crippen LogP contribution is 2.42. The summed E-state index contributed by atoms with van der Waals surface area (Å²) in [4.78, 5) is 12.9. The van der Waals surface area contributed by atoms with E-state index in [1.807, 2.05) is 0 Å². The van der Waals surface area contributed by atoms with Gasteiger partial charge >= 0.3 is 20.2 Å². The molecular weight excluding hydrogens is 405 g/mol. The van der Waals surface area contributed by atoms with Crippen molar-refractivity contribution in [3.8, 4) is 0 Å². The van der Waals surface area contributed by atoms with Crippen molar-refractivity contribution >= 4 is 18.9 Å². The molecule has 0 aliphatic carbocycles. The van der Waals surface area contributed by atoms with Crippen molar-refractivity contribution in [2.45, 2.75) is 38.3 Å². The SMILES string of the molecule is CC(C)(C)[P+](=O)c1ccccc1C(=O)c1c(C(F)(F)F)cccc1C(F)(F)F. The van der Waals surface area contributed by atoms with Gasteiger partial charge in [0.15, 0.2) is 10.9 Å². The van der Waals surface area contributed by atoms with Gasteiger partial charge < -0.3 is 0 Å². The summed E-state index contributed by atoms with van der Waals surface area (Å²) in [6, 6.07) is 6.54. The van der Waals surface area contributed by atoms with Gasteiger partial charge in [-0.05, 0) is 45.0 Å². The van der Waals surface area contributed by atoms with Gasteiger partial charge in [-0.15, -0.1) is 0 Å². The fourth-order valence-electron chi connectivity index (χ4n) is 2.61. The summed E-state index contributed by atoms with van der Waals surface area (Å²) in [5, 5.41) is -0.928. The highest BCUT2D eigenvalue weighted by Gasteiger charge is 2.45. The lowest BCUT2D eigenvalue weighted by Gasteiger charge is -2.18. The molecule has 0 aromatic heterocycles. The zero-order valence-electron chi connectivity index (χ0n) is 15.1. The molecule has 9 heteroatoms. The molecule has 1 atom stereocenters. The van der Waals surface area contributed by atoms with Gasteiger partial charge in [0.1, 0.15) is 0 Å². The first-order chi connectivity index (χ1) is 12.7. The van der Waals surface area contributed by atoms with Crippen molar-refractivity contribution in [3.63, 3.8) is 0 Å². The van der Waals surface area contributed by atoms with Crippen LogP contribution in [0.15, 0.2) is 42.5 Å². The second kappa shape index (κ2) is 7.32. The van der Waals surface area contributed by atoms with E-state index < -0.39 is 53.3 Å². The first-order valence-electron chi connectivity index (χ1n) is 8.04. The standard InChI is InChI=1S/C19H16F6O2P/c1-17(2,3)28(27)14-10-5-4-7-11(14)16(26)15-12(18(20,21)22)8-6-9-13(15)19(23,24)25/h4-10H,1-3H3/q+1. The molecule has 0 aliphatic rings. The van der Waals surface area contributed by atoms with Gasteiger partial charge in [0.25, 0.3) is 0 Å². The number of carbonyl (C=O) groups is 1. The van der Waals surface area contributed by atoms with Gasteiger partial charge in [0, 0.05) is 5.56 Å². The molecule has 2 aromatic carbocycles. The smallest absolute Gasteiger partial charge is 0.288 e. The Bertz CT molecular complexity index is 891. The lowest BCUT2D eigenvalue weighted by Crippen LogP contribution is -2.25. The van der Waals surface area contributed by atoms with E-state index in [9.17, 15) is 35.7 Å². The maximum absolute atomic E-state index is 13.4. The fourth-order valence-corrected chi connectivity index (χ4v) is 3.95. The number of ketones is 1. The van der Waals surface area contributed by atoms with Gasteiger partial charge in [-0.25, -0.2) is 0 Å². The van der Waals surface area contributed by atoms with Crippen molar-refractivity contribution in [1.29, 1.82) is 0 Å². The fraction of sp³-hybridized carbons (Fsp3) is 0.316. The number of benzene rings is 2.